The van der Waals surface area contributed by atoms with Gasteiger partial charge in [-0.05, 0) is 37.6 Å². The number of benzene rings is 1. The van der Waals surface area contributed by atoms with Crippen LogP contribution in [0, 0.1) is 0 Å². The van der Waals surface area contributed by atoms with Crippen LogP contribution in [0.5, 0.6) is 5.75 Å². The highest BCUT2D eigenvalue weighted by Crippen LogP contribution is 2.26. The molecule has 2 N–H and O–H groups in total. The lowest BCUT2D eigenvalue weighted by Crippen LogP contribution is -2.51. The maximum absolute atomic E-state index is 12.5. The lowest BCUT2D eigenvalue weighted by Gasteiger charge is -2.36. The first-order valence-corrected chi connectivity index (χ1v) is 7.59. The second-order valence-corrected chi connectivity index (χ2v) is 6.67. The van der Waals surface area contributed by atoms with Crippen LogP contribution in [0.15, 0.2) is 29.2 Å². The normalized spacial score (nSPS) is 15.3. The number of methoxy groups -OCH3 is 1. The molecule has 0 radical (unpaired) electrons. The maximum Gasteiger partial charge on any atom is 0.243 e. The SMILES string of the molecule is CCC(C)(CN)N(C)S(=O)(=O)c1ccc(OC)cc1. The summed E-state index contributed by atoms with van der Waals surface area (Å²) in [6.07, 6.45) is 0.648. The third-order valence-electron chi connectivity index (χ3n) is 3.68. The van der Waals surface area contributed by atoms with Crippen molar-refractivity contribution in [2.75, 3.05) is 20.7 Å². The highest BCUT2D eigenvalue weighted by atomic mass is 32.2. The minimum Gasteiger partial charge on any atom is -0.497 e. The Balaban J connectivity index is 3.15. The summed E-state index contributed by atoms with van der Waals surface area (Å²) in [4.78, 5) is 0.240. The summed E-state index contributed by atoms with van der Waals surface area (Å²) in [5.41, 5.74) is 5.13. The average molecular weight is 286 g/mol. The fraction of sp³-hybridized carbons (Fsp3) is 0.538. The molecule has 0 saturated heterocycles. The largest absolute Gasteiger partial charge is 0.497 e. The fourth-order valence-electron chi connectivity index (χ4n) is 1.69. The number of hydrogen-bond donors (Lipinski definition) is 1. The van der Waals surface area contributed by atoms with Gasteiger partial charge in [-0.3, -0.25) is 0 Å². The molecule has 108 valence electrons. The molecule has 0 spiro atoms. The van der Waals surface area contributed by atoms with Gasteiger partial charge >= 0.3 is 0 Å². The molecule has 1 unspecified atom stereocenters. The van der Waals surface area contributed by atoms with Gasteiger partial charge in [0.25, 0.3) is 0 Å². The lowest BCUT2D eigenvalue weighted by atomic mass is 10.00. The molecule has 5 nitrogen and oxygen atoms in total. The molecule has 1 rings (SSSR count). The van der Waals surface area contributed by atoms with Crippen LogP contribution < -0.4 is 10.5 Å². The Labute approximate surface area is 115 Å². The summed E-state index contributed by atoms with van der Waals surface area (Å²) in [6.45, 7) is 4.04. The highest BCUT2D eigenvalue weighted by Gasteiger charge is 2.35. The minimum atomic E-state index is -3.55. The van der Waals surface area contributed by atoms with Gasteiger partial charge in [0.2, 0.25) is 10.0 Å². The van der Waals surface area contributed by atoms with E-state index in [0.717, 1.165) is 0 Å². The quantitative estimate of drug-likeness (QED) is 0.859. The van der Waals surface area contributed by atoms with Crippen molar-refractivity contribution in [2.24, 2.45) is 5.73 Å². The van der Waals surface area contributed by atoms with Crippen LogP contribution in [-0.2, 0) is 10.0 Å². The van der Waals surface area contributed by atoms with Gasteiger partial charge in [-0.2, -0.15) is 4.31 Å². The summed E-state index contributed by atoms with van der Waals surface area (Å²) in [5, 5.41) is 0. The van der Waals surface area contributed by atoms with Crippen molar-refractivity contribution in [1.29, 1.82) is 0 Å². The monoisotopic (exact) mass is 286 g/mol. The molecule has 0 saturated carbocycles. The number of sulfonamides is 1. The van der Waals surface area contributed by atoms with E-state index in [-0.39, 0.29) is 11.4 Å². The summed E-state index contributed by atoms with van der Waals surface area (Å²) in [5.74, 6) is 0.624. The molecule has 0 amide bonds. The molecule has 0 aromatic heterocycles. The van der Waals surface area contributed by atoms with Crippen molar-refractivity contribution in [3.05, 3.63) is 24.3 Å². The Morgan fingerprint density at radius 3 is 2.21 bits per heavy atom. The Morgan fingerprint density at radius 1 is 1.32 bits per heavy atom. The van der Waals surface area contributed by atoms with Crippen molar-refractivity contribution in [1.82, 2.24) is 4.31 Å². The Hall–Kier alpha value is -1.11. The first kappa shape index (κ1) is 15.9. The van der Waals surface area contributed by atoms with Crippen molar-refractivity contribution < 1.29 is 13.2 Å². The molecular formula is C13H22N2O3S. The van der Waals surface area contributed by atoms with Crippen molar-refractivity contribution >= 4 is 10.0 Å². The van der Waals surface area contributed by atoms with Gasteiger partial charge in [-0.1, -0.05) is 6.92 Å². The van der Waals surface area contributed by atoms with Crippen LogP contribution in [0.3, 0.4) is 0 Å². The fourth-order valence-corrected chi connectivity index (χ4v) is 3.27. The third-order valence-corrected chi connectivity index (χ3v) is 5.71. The molecule has 0 aliphatic carbocycles. The molecule has 19 heavy (non-hydrogen) atoms. The molecule has 1 aromatic rings. The number of rotatable bonds is 6. The molecule has 0 aliphatic heterocycles. The molecule has 6 heteroatoms. The average Bonchev–Trinajstić information content (AvgIpc) is 2.45. The van der Waals surface area contributed by atoms with Crippen LogP contribution >= 0.6 is 0 Å². The zero-order chi connectivity index (χ0) is 14.7. The Morgan fingerprint density at radius 2 is 1.84 bits per heavy atom. The molecule has 0 aliphatic rings. The van der Waals surface area contributed by atoms with E-state index in [0.29, 0.717) is 12.2 Å². The summed E-state index contributed by atoms with van der Waals surface area (Å²) in [6, 6.07) is 6.34. The molecule has 1 atom stereocenters. The number of nitrogens with zero attached hydrogens (tertiary/aromatic N) is 1. The van der Waals surface area contributed by atoms with Gasteiger partial charge in [0.1, 0.15) is 5.75 Å². The van der Waals surface area contributed by atoms with Crippen LogP contribution in [-0.4, -0.2) is 39.0 Å². The zero-order valence-corrected chi connectivity index (χ0v) is 12.7. The van der Waals surface area contributed by atoms with E-state index in [9.17, 15) is 8.42 Å². The minimum absolute atomic E-state index is 0.240. The predicted octanol–water partition coefficient (Wildman–Crippen LogP) is 1.44. The van der Waals surface area contributed by atoms with E-state index in [1.807, 2.05) is 13.8 Å². The molecular weight excluding hydrogens is 264 g/mol. The molecule has 0 heterocycles. The number of likely N-dealkylation sites (N-methyl/N-ethyl adjacent to an activating group) is 1. The van der Waals surface area contributed by atoms with Crippen molar-refractivity contribution in [3.8, 4) is 5.75 Å². The number of ether oxygens (including phenoxy) is 1. The van der Waals surface area contributed by atoms with Gasteiger partial charge in [0.05, 0.1) is 12.0 Å². The number of hydrogen-bond acceptors (Lipinski definition) is 4. The van der Waals surface area contributed by atoms with Gasteiger partial charge in [0.15, 0.2) is 0 Å². The van der Waals surface area contributed by atoms with Crippen LogP contribution in [0.25, 0.3) is 0 Å². The highest BCUT2D eigenvalue weighted by molar-refractivity contribution is 7.89. The second-order valence-electron chi connectivity index (χ2n) is 4.70. The standard InChI is InChI=1S/C13H22N2O3S/c1-5-13(2,10-14)15(3)19(16,17)12-8-6-11(18-4)7-9-12/h6-9H,5,10,14H2,1-4H3. The summed E-state index contributed by atoms with van der Waals surface area (Å²) in [7, 11) is -0.443. The molecule has 1 aromatic carbocycles. The van der Waals surface area contributed by atoms with Gasteiger partial charge < -0.3 is 10.5 Å². The van der Waals surface area contributed by atoms with Crippen LogP contribution in [0.1, 0.15) is 20.3 Å². The maximum atomic E-state index is 12.5. The topological polar surface area (TPSA) is 72.6 Å². The summed E-state index contributed by atoms with van der Waals surface area (Å²) < 4.78 is 31.4. The number of nitrogens with two attached hydrogens (primary N) is 1. The van der Waals surface area contributed by atoms with E-state index in [1.165, 1.54) is 23.5 Å². The van der Waals surface area contributed by atoms with Crippen LogP contribution in [0.4, 0.5) is 0 Å². The first-order chi connectivity index (χ1) is 8.81. The van der Waals surface area contributed by atoms with Crippen molar-refractivity contribution in [3.63, 3.8) is 0 Å². The third kappa shape index (κ3) is 3.08. The van der Waals surface area contributed by atoms with Gasteiger partial charge in [-0.15, -0.1) is 0 Å². The van der Waals surface area contributed by atoms with Gasteiger partial charge in [-0.25, -0.2) is 8.42 Å². The van der Waals surface area contributed by atoms with E-state index in [1.54, 1.807) is 19.2 Å². The van der Waals surface area contributed by atoms with E-state index in [4.69, 9.17) is 10.5 Å². The Bertz CT molecular complexity index is 507. The van der Waals surface area contributed by atoms with Gasteiger partial charge in [0, 0.05) is 19.1 Å². The lowest BCUT2D eigenvalue weighted by molar-refractivity contribution is 0.240. The smallest absolute Gasteiger partial charge is 0.243 e. The molecule has 0 bridgehead atoms. The predicted molar refractivity (Wildman–Crippen MR) is 75.7 cm³/mol. The Kier molecular flexibility index (Phi) is 4.95. The van der Waals surface area contributed by atoms with E-state index in [2.05, 4.69) is 0 Å². The zero-order valence-electron chi connectivity index (χ0n) is 11.9. The van der Waals surface area contributed by atoms with E-state index >= 15 is 0 Å². The first-order valence-electron chi connectivity index (χ1n) is 6.15. The van der Waals surface area contributed by atoms with Crippen LogP contribution in [0.2, 0.25) is 0 Å². The summed E-state index contributed by atoms with van der Waals surface area (Å²) >= 11 is 0. The second kappa shape index (κ2) is 5.90. The van der Waals surface area contributed by atoms with Crippen molar-refractivity contribution in [2.45, 2.75) is 30.7 Å². The molecule has 0 fully saturated rings. The van der Waals surface area contributed by atoms with E-state index < -0.39 is 15.6 Å².